The lowest BCUT2D eigenvalue weighted by molar-refractivity contribution is -0.977. The van der Waals surface area contributed by atoms with Gasteiger partial charge in [0.25, 0.3) is 0 Å². The van der Waals surface area contributed by atoms with Crippen LogP contribution in [0.25, 0.3) is 0 Å². The summed E-state index contributed by atoms with van der Waals surface area (Å²) in [6.45, 7) is 0.121. The number of carbonyl (C=O) groups is 3. The van der Waals surface area contributed by atoms with E-state index in [-0.39, 0.29) is 54.2 Å². The van der Waals surface area contributed by atoms with Crippen LogP contribution in [0.4, 0.5) is 0 Å². The molecule has 0 amide bonds. The molecule has 0 unspecified atom stereocenters. The number of esters is 1. The maximum atomic E-state index is 12.2. The monoisotopic (exact) mass is 474 g/mol. The Morgan fingerprint density at radius 2 is 1.58 bits per heavy atom. The van der Waals surface area contributed by atoms with E-state index in [0.717, 1.165) is 0 Å². The highest BCUT2D eigenvalue weighted by Crippen LogP contribution is 2.20. The van der Waals surface area contributed by atoms with E-state index in [1.807, 2.05) is 0 Å². The van der Waals surface area contributed by atoms with E-state index in [0.29, 0.717) is 32.1 Å². The summed E-state index contributed by atoms with van der Waals surface area (Å²) < 4.78 is 5.23. The van der Waals surface area contributed by atoms with Gasteiger partial charge in [0.2, 0.25) is 0 Å². The Morgan fingerprint density at radius 1 is 0.909 bits per heavy atom. The summed E-state index contributed by atoms with van der Waals surface area (Å²) in [5.41, 5.74) is 0.00962. The second kappa shape index (κ2) is 16.8. The predicted molar refractivity (Wildman–Crippen MR) is 104 cm³/mol. The number of carbonyl (C=O) groups excluding carboxylic acids is 3. The Hall–Kier alpha value is -3.81. The Bertz CT molecular complexity index is 786. The molecule has 14 nitrogen and oxygen atoms in total. The summed E-state index contributed by atoms with van der Waals surface area (Å²) >= 11 is 0. The summed E-state index contributed by atoms with van der Waals surface area (Å²) in [7, 11) is 1.17. The molecule has 0 fully saturated rings. The number of hydrogen-bond donors (Lipinski definition) is 0. The van der Waals surface area contributed by atoms with E-state index in [2.05, 4.69) is 19.4 Å². The molecule has 14 heteroatoms. The van der Waals surface area contributed by atoms with Gasteiger partial charge in [-0.05, 0) is 44.2 Å². The van der Waals surface area contributed by atoms with Crippen LogP contribution >= 0.6 is 0 Å². The summed E-state index contributed by atoms with van der Waals surface area (Å²) in [5.74, 6) is -1.37. The largest absolute Gasteiger partial charge is 0.486 e. The van der Waals surface area contributed by atoms with E-state index in [4.69, 9.17) is 14.5 Å². The molecule has 1 aromatic rings. The molecular weight excluding hydrogens is 448 g/mol. The molecule has 0 aliphatic heterocycles. The lowest BCUT2D eigenvalue weighted by atomic mass is 10.2. The van der Waals surface area contributed by atoms with E-state index in [1.54, 1.807) is 12.1 Å². The molecule has 0 saturated carbocycles. The van der Waals surface area contributed by atoms with Crippen LogP contribution in [0.1, 0.15) is 48.9 Å². The lowest BCUT2D eigenvalue weighted by Gasteiger charge is -2.09. The molecule has 0 saturated heterocycles. The Morgan fingerprint density at radius 3 is 2.30 bits per heavy atom. The average molecular weight is 474 g/mol. The minimum Gasteiger partial charge on any atom is -0.426 e. The van der Waals surface area contributed by atoms with Crippen molar-refractivity contribution < 1.29 is 58.4 Å². The zero-order chi connectivity index (χ0) is 24.3. The Balaban J connectivity index is 2.29. The van der Waals surface area contributed by atoms with Gasteiger partial charge in [-0.1, -0.05) is 12.1 Å². The maximum absolute atomic E-state index is 12.2. The van der Waals surface area contributed by atoms with Gasteiger partial charge in [0, 0.05) is 6.42 Å². The molecule has 0 bridgehead atoms. The minimum absolute atomic E-state index is 0.00962. The van der Waals surface area contributed by atoms with Gasteiger partial charge in [-0.2, -0.15) is 19.4 Å². The first-order valence-electron chi connectivity index (χ1n) is 9.96. The highest BCUT2D eigenvalue weighted by Gasteiger charge is 2.17. The van der Waals surface area contributed by atoms with Crippen LogP contribution in [0, 0.1) is 9.81 Å². The number of benzene rings is 1. The molecule has 0 atom stereocenters. The number of rotatable bonds is 19. The van der Waals surface area contributed by atoms with Crippen molar-refractivity contribution >= 4 is 18.4 Å². The number of unbranched alkanes of at least 4 members (excludes halogenated alkanes) is 3. The number of hydrogen-bond acceptors (Lipinski definition) is 12. The molecule has 182 valence electrons. The van der Waals surface area contributed by atoms with E-state index >= 15 is 0 Å². The molecule has 1 aromatic carbocycles. The smallest absolute Gasteiger partial charge is 0.426 e. The number of ether oxygens (including phenoxy) is 1. The zero-order valence-corrected chi connectivity index (χ0v) is 18.0. The van der Waals surface area contributed by atoms with Gasteiger partial charge in [0.15, 0.2) is 20.3 Å². The maximum Gasteiger partial charge on any atom is 0.486 e. The normalized spacial score (nSPS) is 9.97. The molecule has 0 aliphatic carbocycles. The van der Waals surface area contributed by atoms with E-state index in [9.17, 15) is 24.2 Å². The summed E-state index contributed by atoms with van der Waals surface area (Å²) in [4.78, 5) is 82.4. The quantitative estimate of drug-likeness (QED) is 0.0719. The van der Waals surface area contributed by atoms with Crippen LogP contribution in [0.15, 0.2) is 24.3 Å². The van der Waals surface area contributed by atoms with Gasteiger partial charge in [-0.3, -0.25) is 9.68 Å². The summed E-state index contributed by atoms with van der Waals surface area (Å²) in [6, 6.07) is 6.03. The third-order valence-electron chi connectivity index (χ3n) is 3.78. The third-order valence-corrected chi connectivity index (χ3v) is 3.78. The van der Waals surface area contributed by atoms with Crippen LogP contribution in [-0.2, 0) is 38.7 Å². The molecule has 0 heterocycles. The van der Waals surface area contributed by atoms with Crippen LogP contribution in [0.2, 0.25) is 0 Å². The van der Waals surface area contributed by atoms with Crippen molar-refractivity contribution in [1.82, 2.24) is 0 Å². The van der Waals surface area contributed by atoms with Gasteiger partial charge in [-0.25, -0.2) is 9.59 Å². The van der Waals surface area contributed by atoms with Gasteiger partial charge < -0.3 is 4.74 Å². The van der Waals surface area contributed by atoms with Gasteiger partial charge in [0.05, 0.1) is 6.61 Å². The van der Waals surface area contributed by atoms with Crippen LogP contribution in [-0.4, -0.2) is 55.5 Å². The standard InChI is InChI=1S/C19H26N2O12/c1-27-20(25)28-13-7-8-14-31-33-19(24)16-9-4-5-10-17(16)32-18(23)11-3-2-6-12-29-21(26)30-15-22/h4-5,9-10,15H,2-3,6-8,11-14H2,1H3/q+2. The van der Waals surface area contributed by atoms with Gasteiger partial charge in [0.1, 0.15) is 21.1 Å². The van der Waals surface area contributed by atoms with Crippen molar-refractivity contribution in [2.75, 3.05) is 26.9 Å². The predicted octanol–water partition coefficient (Wildman–Crippen LogP) is 2.09. The van der Waals surface area contributed by atoms with Gasteiger partial charge in [-0.15, -0.1) is 4.84 Å². The van der Waals surface area contributed by atoms with Crippen LogP contribution in [0.5, 0.6) is 5.75 Å². The first kappa shape index (κ1) is 27.2. The first-order chi connectivity index (χ1) is 16.0. The minimum atomic E-state index is -0.836. The highest BCUT2D eigenvalue weighted by molar-refractivity contribution is 5.93. The number of nitrogens with zero attached hydrogens (tertiary/aromatic N) is 2. The Kier molecular flexibility index (Phi) is 13.9. The molecule has 0 radical (unpaired) electrons. The van der Waals surface area contributed by atoms with Crippen molar-refractivity contribution in [3.05, 3.63) is 39.6 Å². The zero-order valence-electron chi connectivity index (χ0n) is 18.0. The third kappa shape index (κ3) is 12.6. The van der Waals surface area contributed by atoms with Gasteiger partial charge >= 0.3 is 28.6 Å². The van der Waals surface area contributed by atoms with E-state index in [1.165, 1.54) is 19.2 Å². The fraction of sp³-hybridized carbons (Fsp3) is 0.526. The second-order valence-electron chi connectivity index (χ2n) is 6.18. The number of para-hydroxylation sites is 1. The molecular formula is C19H26N2O12+2. The van der Waals surface area contributed by atoms with Crippen molar-refractivity contribution in [1.29, 1.82) is 0 Å². The van der Waals surface area contributed by atoms with Crippen molar-refractivity contribution in [3.63, 3.8) is 0 Å². The molecule has 1 rings (SSSR count). The van der Waals surface area contributed by atoms with E-state index < -0.39 is 11.9 Å². The van der Waals surface area contributed by atoms with Crippen LogP contribution in [0.3, 0.4) is 0 Å². The topological polar surface area (TPSA) is 156 Å². The van der Waals surface area contributed by atoms with Crippen molar-refractivity contribution in [3.8, 4) is 5.75 Å². The lowest BCUT2D eigenvalue weighted by Crippen LogP contribution is -2.13. The van der Waals surface area contributed by atoms with Crippen LogP contribution < -0.4 is 4.74 Å². The molecule has 0 aromatic heterocycles. The summed E-state index contributed by atoms with van der Waals surface area (Å²) in [5, 5.41) is -0.331. The Labute approximate surface area is 188 Å². The van der Waals surface area contributed by atoms with Crippen molar-refractivity contribution in [2.24, 2.45) is 0 Å². The fourth-order valence-electron chi connectivity index (χ4n) is 2.25. The highest BCUT2D eigenvalue weighted by atomic mass is 17.2. The fourth-order valence-corrected chi connectivity index (χ4v) is 2.25. The SMILES string of the molecule is CO[N+](=O)OCCCCOOC(=O)c1ccccc1OC(=O)CCCCCO[N+](=O)OC=O. The average Bonchev–Trinajstić information content (AvgIpc) is 2.80. The molecule has 0 N–H and O–H groups in total. The molecule has 0 spiro atoms. The van der Waals surface area contributed by atoms with Crippen molar-refractivity contribution in [2.45, 2.75) is 38.5 Å². The molecule has 0 aliphatic rings. The summed E-state index contributed by atoms with van der Waals surface area (Å²) in [6.07, 6.45) is 2.42. The first-order valence-corrected chi connectivity index (χ1v) is 9.96. The second-order valence-corrected chi connectivity index (χ2v) is 6.18. The molecule has 33 heavy (non-hydrogen) atoms.